The van der Waals surface area contributed by atoms with Gasteiger partial charge in [-0.25, -0.2) is 0 Å². The predicted molar refractivity (Wildman–Crippen MR) is 119 cm³/mol. The minimum atomic E-state index is -0.0874. The highest BCUT2D eigenvalue weighted by atomic mass is 35.5. The molecule has 1 unspecified atom stereocenters. The Kier molecular flexibility index (Phi) is 6.76. The van der Waals surface area contributed by atoms with Gasteiger partial charge in [0.15, 0.2) is 0 Å². The lowest BCUT2D eigenvalue weighted by Gasteiger charge is -2.42. The highest BCUT2D eigenvalue weighted by Crippen LogP contribution is 2.32. The summed E-state index contributed by atoms with van der Waals surface area (Å²) in [5.74, 6) is 0.700. The summed E-state index contributed by atoms with van der Waals surface area (Å²) in [5, 5.41) is 0.527. The molecule has 2 fully saturated rings. The summed E-state index contributed by atoms with van der Waals surface area (Å²) in [6, 6.07) is 8.95. The van der Waals surface area contributed by atoms with Gasteiger partial charge in [-0.3, -0.25) is 14.6 Å². The number of piperidine rings is 1. The molecule has 0 N–H and O–H groups in total. The van der Waals surface area contributed by atoms with Gasteiger partial charge in [0.05, 0.1) is 12.7 Å². The minimum Gasteiger partial charge on any atom is -0.496 e. The summed E-state index contributed by atoms with van der Waals surface area (Å²) in [6.07, 6.45) is 8.32. The summed E-state index contributed by atoms with van der Waals surface area (Å²) in [5.41, 5.74) is 1.51. The Hall–Kier alpha value is -2.60. The van der Waals surface area contributed by atoms with Crippen molar-refractivity contribution in [2.24, 2.45) is 5.92 Å². The first-order chi connectivity index (χ1) is 15.1. The molecule has 1 saturated heterocycles. The van der Waals surface area contributed by atoms with Gasteiger partial charge in [0.25, 0.3) is 5.91 Å². The van der Waals surface area contributed by atoms with E-state index in [-0.39, 0.29) is 23.8 Å². The van der Waals surface area contributed by atoms with Crippen LogP contribution in [0.15, 0.2) is 42.7 Å². The third kappa shape index (κ3) is 4.85. The molecule has 1 atom stereocenters. The number of carbonyl (C=O) groups excluding carboxylic acids is 2. The standard InChI is InChI=1S/C24H28ClN3O3/c1-31-22-13-19(25)9-10-21(22)24(30)27-12-4-8-20(16-27)28(23(29)18-6-2-7-18)15-17-5-3-11-26-14-17/h3,5,9-11,13-14,18,20H,2,4,6-8,12,15-16H2,1H3. The third-order valence-electron chi connectivity index (χ3n) is 6.33. The van der Waals surface area contributed by atoms with Crippen molar-refractivity contribution >= 4 is 23.4 Å². The molecule has 2 aliphatic rings. The summed E-state index contributed by atoms with van der Waals surface area (Å²) in [4.78, 5) is 34.6. The number of likely N-dealkylation sites (tertiary alicyclic amines) is 1. The number of hydrogen-bond donors (Lipinski definition) is 0. The molecule has 1 aromatic carbocycles. The van der Waals surface area contributed by atoms with E-state index < -0.39 is 0 Å². The van der Waals surface area contributed by atoms with E-state index in [1.165, 1.54) is 7.11 Å². The molecule has 1 aliphatic heterocycles. The maximum absolute atomic E-state index is 13.3. The van der Waals surface area contributed by atoms with Crippen LogP contribution in [0.5, 0.6) is 5.75 Å². The van der Waals surface area contributed by atoms with Crippen LogP contribution in [0.1, 0.15) is 48.0 Å². The van der Waals surface area contributed by atoms with Crippen molar-refractivity contribution in [1.29, 1.82) is 0 Å². The predicted octanol–water partition coefficient (Wildman–Crippen LogP) is 4.18. The first kappa shape index (κ1) is 21.6. The van der Waals surface area contributed by atoms with Crippen molar-refractivity contribution < 1.29 is 14.3 Å². The molecule has 0 radical (unpaired) electrons. The smallest absolute Gasteiger partial charge is 0.257 e. The molecule has 2 aromatic rings. The van der Waals surface area contributed by atoms with Crippen molar-refractivity contribution in [3.05, 3.63) is 58.9 Å². The van der Waals surface area contributed by atoms with Crippen LogP contribution < -0.4 is 4.74 Å². The number of benzene rings is 1. The maximum atomic E-state index is 13.3. The highest BCUT2D eigenvalue weighted by Gasteiger charge is 2.36. The van der Waals surface area contributed by atoms with Crippen LogP contribution in [0.2, 0.25) is 5.02 Å². The first-order valence-corrected chi connectivity index (χ1v) is 11.3. The molecule has 6 nitrogen and oxygen atoms in total. The average molecular weight is 442 g/mol. The molecular weight excluding hydrogens is 414 g/mol. The number of amides is 2. The van der Waals surface area contributed by atoms with Crippen molar-refractivity contribution in [3.8, 4) is 5.75 Å². The van der Waals surface area contributed by atoms with E-state index in [1.807, 2.05) is 28.1 Å². The molecule has 0 bridgehead atoms. The molecule has 2 heterocycles. The molecule has 1 aliphatic carbocycles. The van der Waals surface area contributed by atoms with Crippen LogP contribution in [-0.2, 0) is 11.3 Å². The van der Waals surface area contributed by atoms with E-state index in [9.17, 15) is 9.59 Å². The van der Waals surface area contributed by atoms with Crippen molar-refractivity contribution in [3.63, 3.8) is 0 Å². The van der Waals surface area contributed by atoms with Crippen LogP contribution in [0.4, 0.5) is 0 Å². The number of nitrogens with zero attached hydrogens (tertiary/aromatic N) is 3. The molecule has 7 heteroatoms. The quantitative estimate of drug-likeness (QED) is 0.674. The van der Waals surface area contributed by atoms with E-state index in [4.69, 9.17) is 16.3 Å². The summed E-state index contributed by atoms with van der Waals surface area (Å²) < 4.78 is 5.38. The molecule has 0 spiro atoms. The van der Waals surface area contributed by atoms with Crippen LogP contribution in [0.3, 0.4) is 0 Å². The zero-order valence-corrected chi connectivity index (χ0v) is 18.6. The molecule has 1 saturated carbocycles. The Bertz CT molecular complexity index is 933. The molecule has 4 rings (SSSR count). The third-order valence-corrected chi connectivity index (χ3v) is 6.57. The lowest BCUT2D eigenvalue weighted by Crippen LogP contribution is -2.53. The Morgan fingerprint density at radius 2 is 2.06 bits per heavy atom. The average Bonchev–Trinajstić information content (AvgIpc) is 2.76. The van der Waals surface area contributed by atoms with E-state index in [0.717, 1.165) is 37.7 Å². The number of ether oxygens (including phenoxy) is 1. The van der Waals surface area contributed by atoms with Gasteiger partial charge in [-0.2, -0.15) is 0 Å². The molecule has 2 amide bonds. The zero-order valence-electron chi connectivity index (χ0n) is 17.8. The van der Waals surface area contributed by atoms with Crippen LogP contribution >= 0.6 is 11.6 Å². The van der Waals surface area contributed by atoms with Gasteiger partial charge in [0.1, 0.15) is 5.75 Å². The topological polar surface area (TPSA) is 62.7 Å². The van der Waals surface area contributed by atoms with Gasteiger partial charge in [0.2, 0.25) is 5.91 Å². The maximum Gasteiger partial charge on any atom is 0.257 e. The van der Waals surface area contributed by atoms with E-state index in [2.05, 4.69) is 4.98 Å². The summed E-state index contributed by atoms with van der Waals surface area (Å²) in [7, 11) is 1.54. The van der Waals surface area contributed by atoms with Gasteiger partial charge in [-0.1, -0.05) is 24.1 Å². The highest BCUT2D eigenvalue weighted by molar-refractivity contribution is 6.30. The Morgan fingerprint density at radius 1 is 1.23 bits per heavy atom. The minimum absolute atomic E-state index is 0.00991. The van der Waals surface area contributed by atoms with Gasteiger partial charge in [-0.05, 0) is 55.5 Å². The first-order valence-electron chi connectivity index (χ1n) is 10.9. The monoisotopic (exact) mass is 441 g/mol. The van der Waals surface area contributed by atoms with Crippen molar-refractivity contribution in [2.75, 3.05) is 20.2 Å². The second-order valence-corrected chi connectivity index (χ2v) is 8.78. The largest absolute Gasteiger partial charge is 0.496 e. The fraction of sp³-hybridized carbons (Fsp3) is 0.458. The number of pyridine rings is 1. The number of rotatable bonds is 6. The lowest BCUT2D eigenvalue weighted by atomic mass is 9.83. The fourth-order valence-corrected chi connectivity index (χ4v) is 4.53. The zero-order chi connectivity index (χ0) is 21.8. The SMILES string of the molecule is COc1cc(Cl)ccc1C(=O)N1CCCC(N(Cc2cccnc2)C(=O)C2CCC2)C1. The second-order valence-electron chi connectivity index (χ2n) is 8.35. The Balaban J connectivity index is 1.54. The number of carbonyl (C=O) groups is 2. The number of methoxy groups -OCH3 is 1. The van der Waals surface area contributed by atoms with Crippen molar-refractivity contribution in [2.45, 2.75) is 44.7 Å². The van der Waals surface area contributed by atoms with Crippen molar-refractivity contribution in [1.82, 2.24) is 14.8 Å². The second kappa shape index (κ2) is 9.69. The van der Waals surface area contributed by atoms with Crippen LogP contribution in [-0.4, -0.2) is 52.8 Å². The number of hydrogen-bond acceptors (Lipinski definition) is 4. The van der Waals surface area contributed by atoms with Crippen LogP contribution in [0.25, 0.3) is 0 Å². The molecular formula is C24H28ClN3O3. The van der Waals surface area contributed by atoms with Gasteiger partial charge < -0.3 is 14.5 Å². The molecule has 164 valence electrons. The van der Waals surface area contributed by atoms with Gasteiger partial charge >= 0.3 is 0 Å². The molecule has 1 aromatic heterocycles. The van der Waals surface area contributed by atoms with E-state index in [1.54, 1.807) is 24.4 Å². The number of halogens is 1. The number of aromatic nitrogens is 1. The lowest BCUT2D eigenvalue weighted by molar-refractivity contribution is -0.142. The summed E-state index contributed by atoms with van der Waals surface area (Å²) >= 11 is 6.06. The Morgan fingerprint density at radius 3 is 2.74 bits per heavy atom. The van der Waals surface area contributed by atoms with E-state index in [0.29, 0.717) is 36.0 Å². The van der Waals surface area contributed by atoms with Gasteiger partial charge in [0, 0.05) is 49.0 Å². The Labute approximate surface area is 188 Å². The van der Waals surface area contributed by atoms with Crippen LogP contribution in [0, 0.1) is 5.92 Å². The summed E-state index contributed by atoms with van der Waals surface area (Å²) in [6.45, 7) is 1.71. The van der Waals surface area contributed by atoms with Gasteiger partial charge in [-0.15, -0.1) is 0 Å². The van der Waals surface area contributed by atoms with E-state index >= 15 is 0 Å². The molecule has 31 heavy (non-hydrogen) atoms. The fourth-order valence-electron chi connectivity index (χ4n) is 4.37. The normalized spacial score (nSPS) is 18.9.